The van der Waals surface area contributed by atoms with Crippen molar-refractivity contribution >= 4 is 6.09 Å². The van der Waals surface area contributed by atoms with Crippen molar-refractivity contribution in [2.45, 2.75) is 6.92 Å². The van der Waals surface area contributed by atoms with E-state index < -0.39 is 12.0 Å². The minimum atomic E-state index is -1.05. The van der Waals surface area contributed by atoms with Crippen molar-refractivity contribution < 1.29 is 19.7 Å². The predicted octanol–water partition coefficient (Wildman–Crippen LogP) is 0.259. The molecule has 0 saturated carbocycles. The van der Waals surface area contributed by atoms with Crippen LogP contribution in [-0.2, 0) is 0 Å². The van der Waals surface area contributed by atoms with Crippen LogP contribution >= 0.6 is 0 Å². The SMILES string of the molecule is Cc1cc(O)nc(O)c1OC(N)=O. The van der Waals surface area contributed by atoms with Crippen LogP contribution in [0.2, 0.25) is 0 Å². The van der Waals surface area contributed by atoms with Crippen molar-refractivity contribution in [3.8, 4) is 17.5 Å². The zero-order chi connectivity index (χ0) is 10.0. The van der Waals surface area contributed by atoms with E-state index in [1.165, 1.54) is 13.0 Å². The van der Waals surface area contributed by atoms with E-state index in [1.807, 2.05) is 0 Å². The number of hydrogen-bond donors (Lipinski definition) is 3. The van der Waals surface area contributed by atoms with Crippen molar-refractivity contribution in [2.75, 3.05) is 0 Å². The summed E-state index contributed by atoms with van der Waals surface area (Å²) in [4.78, 5) is 13.6. The maximum absolute atomic E-state index is 10.4. The van der Waals surface area contributed by atoms with Crippen molar-refractivity contribution in [1.29, 1.82) is 0 Å². The van der Waals surface area contributed by atoms with Crippen LogP contribution in [0.1, 0.15) is 5.56 Å². The summed E-state index contributed by atoms with van der Waals surface area (Å²) in [6.07, 6.45) is -1.05. The molecule has 4 N–H and O–H groups in total. The van der Waals surface area contributed by atoms with Gasteiger partial charge in [-0.15, -0.1) is 0 Å². The van der Waals surface area contributed by atoms with Gasteiger partial charge in [0.1, 0.15) is 0 Å². The number of hydrogen-bond acceptors (Lipinski definition) is 5. The molecule has 13 heavy (non-hydrogen) atoms. The van der Waals surface area contributed by atoms with Crippen LogP contribution in [0.4, 0.5) is 4.79 Å². The molecule has 0 radical (unpaired) electrons. The molecule has 1 rings (SSSR count). The molecule has 1 aromatic heterocycles. The fraction of sp³-hybridized carbons (Fsp3) is 0.143. The lowest BCUT2D eigenvalue weighted by molar-refractivity contribution is 0.207. The molecule has 0 bridgehead atoms. The summed E-state index contributed by atoms with van der Waals surface area (Å²) in [7, 11) is 0. The number of amides is 1. The number of carbonyl (C=O) groups is 1. The van der Waals surface area contributed by atoms with Crippen LogP contribution in [0.25, 0.3) is 0 Å². The normalized spacial score (nSPS) is 9.62. The Morgan fingerprint density at radius 3 is 2.69 bits per heavy atom. The molecule has 0 spiro atoms. The van der Waals surface area contributed by atoms with Crippen molar-refractivity contribution in [2.24, 2.45) is 5.73 Å². The van der Waals surface area contributed by atoms with E-state index >= 15 is 0 Å². The van der Waals surface area contributed by atoms with Crippen molar-refractivity contribution in [3.63, 3.8) is 0 Å². The third kappa shape index (κ3) is 1.98. The Bertz CT molecular complexity index is 327. The van der Waals surface area contributed by atoms with Crippen LogP contribution in [0.15, 0.2) is 6.07 Å². The fourth-order valence-corrected chi connectivity index (χ4v) is 0.854. The first-order valence-electron chi connectivity index (χ1n) is 3.37. The molecule has 0 aliphatic carbocycles. The standard InChI is InChI=1S/C7H8N2O4/c1-3-2-4(10)9-6(11)5(3)13-7(8)12/h2H,1H3,(H2,8,12)(H2,9,10,11). The lowest BCUT2D eigenvalue weighted by Gasteiger charge is -2.05. The van der Waals surface area contributed by atoms with Gasteiger partial charge in [0.05, 0.1) is 0 Å². The first kappa shape index (κ1) is 9.11. The molecule has 0 aromatic carbocycles. The van der Waals surface area contributed by atoms with E-state index in [1.54, 1.807) is 0 Å². The summed E-state index contributed by atoms with van der Waals surface area (Å²) in [5.74, 6) is -1.08. The number of aromatic hydroxyl groups is 2. The quantitative estimate of drug-likeness (QED) is 0.580. The van der Waals surface area contributed by atoms with Gasteiger partial charge in [-0.05, 0) is 6.92 Å². The Balaban J connectivity index is 3.13. The number of nitrogens with zero attached hydrogens (tertiary/aromatic N) is 1. The highest BCUT2D eigenvalue weighted by Gasteiger charge is 2.12. The Morgan fingerprint density at radius 2 is 2.23 bits per heavy atom. The minimum Gasteiger partial charge on any atom is -0.493 e. The number of aromatic nitrogens is 1. The van der Waals surface area contributed by atoms with E-state index in [0.29, 0.717) is 5.56 Å². The number of carbonyl (C=O) groups excluding carboxylic acids is 1. The lowest BCUT2D eigenvalue weighted by atomic mass is 10.2. The Morgan fingerprint density at radius 1 is 1.62 bits per heavy atom. The van der Waals surface area contributed by atoms with E-state index in [0.717, 1.165) is 0 Å². The first-order valence-corrected chi connectivity index (χ1v) is 3.37. The van der Waals surface area contributed by atoms with Gasteiger partial charge in [0.15, 0.2) is 5.75 Å². The van der Waals surface area contributed by atoms with Gasteiger partial charge in [-0.1, -0.05) is 0 Å². The zero-order valence-corrected chi connectivity index (χ0v) is 6.81. The monoisotopic (exact) mass is 184 g/mol. The largest absolute Gasteiger partial charge is 0.493 e. The highest BCUT2D eigenvalue weighted by molar-refractivity contribution is 5.69. The molecule has 0 fully saturated rings. The maximum atomic E-state index is 10.4. The predicted molar refractivity (Wildman–Crippen MR) is 42.5 cm³/mol. The molecule has 0 aliphatic rings. The maximum Gasteiger partial charge on any atom is 0.410 e. The molecule has 0 aliphatic heterocycles. The summed E-state index contributed by atoms with van der Waals surface area (Å²) in [5.41, 5.74) is 5.10. The zero-order valence-electron chi connectivity index (χ0n) is 6.81. The average molecular weight is 184 g/mol. The average Bonchev–Trinajstić information content (AvgIpc) is 1.96. The summed E-state index contributed by atoms with van der Waals surface area (Å²) in [6, 6.07) is 1.23. The summed E-state index contributed by atoms with van der Waals surface area (Å²) in [6.45, 7) is 1.53. The summed E-state index contributed by atoms with van der Waals surface area (Å²) < 4.78 is 4.45. The summed E-state index contributed by atoms with van der Waals surface area (Å²) >= 11 is 0. The Labute approximate surface area is 73.6 Å². The molecule has 1 heterocycles. The highest BCUT2D eigenvalue weighted by atomic mass is 16.6. The number of primary amides is 1. The number of pyridine rings is 1. The molecule has 0 unspecified atom stereocenters. The third-order valence-corrected chi connectivity index (χ3v) is 1.33. The van der Waals surface area contributed by atoms with Crippen LogP contribution in [0, 0.1) is 6.92 Å². The second-order valence-electron chi connectivity index (χ2n) is 2.37. The van der Waals surface area contributed by atoms with Gasteiger partial charge in [0, 0.05) is 11.6 Å². The van der Waals surface area contributed by atoms with Gasteiger partial charge in [-0.2, -0.15) is 4.98 Å². The Kier molecular flexibility index (Phi) is 2.23. The topological polar surface area (TPSA) is 106 Å². The molecule has 6 nitrogen and oxygen atoms in total. The van der Waals surface area contributed by atoms with Crippen LogP contribution in [-0.4, -0.2) is 21.3 Å². The van der Waals surface area contributed by atoms with Gasteiger partial charge in [-0.25, -0.2) is 4.79 Å². The number of rotatable bonds is 1. The van der Waals surface area contributed by atoms with Gasteiger partial charge in [0.25, 0.3) is 5.88 Å². The molecule has 1 aromatic rings. The number of ether oxygens (including phenoxy) is 1. The van der Waals surface area contributed by atoms with E-state index in [4.69, 9.17) is 15.9 Å². The second kappa shape index (κ2) is 3.18. The molecule has 1 amide bonds. The van der Waals surface area contributed by atoms with E-state index in [-0.39, 0.29) is 11.6 Å². The molecule has 0 saturated heterocycles. The van der Waals surface area contributed by atoms with Crippen molar-refractivity contribution in [1.82, 2.24) is 4.98 Å². The molecule has 70 valence electrons. The third-order valence-electron chi connectivity index (χ3n) is 1.33. The molecular weight excluding hydrogens is 176 g/mol. The van der Waals surface area contributed by atoms with Gasteiger partial charge < -0.3 is 20.7 Å². The van der Waals surface area contributed by atoms with Gasteiger partial charge in [0.2, 0.25) is 5.88 Å². The molecular formula is C7H8N2O4. The Hall–Kier alpha value is -1.98. The molecule has 6 heteroatoms. The van der Waals surface area contributed by atoms with Crippen LogP contribution in [0.3, 0.4) is 0 Å². The smallest absolute Gasteiger partial charge is 0.410 e. The first-order chi connectivity index (χ1) is 6.00. The van der Waals surface area contributed by atoms with Gasteiger partial charge in [-0.3, -0.25) is 0 Å². The second-order valence-corrected chi connectivity index (χ2v) is 2.37. The van der Waals surface area contributed by atoms with Crippen molar-refractivity contribution in [3.05, 3.63) is 11.6 Å². The van der Waals surface area contributed by atoms with Crippen LogP contribution < -0.4 is 10.5 Å². The fourth-order valence-electron chi connectivity index (χ4n) is 0.854. The van der Waals surface area contributed by atoms with Crippen LogP contribution in [0.5, 0.6) is 17.5 Å². The van der Waals surface area contributed by atoms with Gasteiger partial charge >= 0.3 is 6.09 Å². The minimum absolute atomic E-state index is 0.148. The summed E-state index contributed by atoms with van der Waals surface area (Å²) in [5, 5.41) is 18.0. The molecule has 0 atom stereocenters. The number of nitrogens with two attached hydrogens (primary N) is 1. The van der Waals surface area contributed by atoms with E-state index in [9.17, 15) is 4.79 Å². The van der Waals surface area contributed by atoms with E-state index in [2.05, 4.69) is 9.72 Å². The highest BCUT2D eigenvalue weighted by Crippen LogP contribution is 2.30. The lowest BCUT2D eigenvalue weighted by Crippen LogP contribution is -2.17. The number of aryl methyl sites for hydroxylation is 1.